The van der Waals surface area contributed by atoms with E-state index in [2.05, 4.69) is 4.98 Å². The van der Waals surface area contributed by atoms with Gasteiger partial charge in [-0.1, -0.05) is 0 Å². The Bertz CT molecular complexity index is 382. The van der Waals surface area contributed by atoms with E-state index < -0.39 is 4.92 Å². The van der Waals surface area contributed by atoms with Gasteiger partial charge in [0.1, 0.15) is 12.0 Å². The summed E-state index contributed by atoms with van der Waals surface area (Å²) < 4.78 is 0. The van der Waals surface area contributed by atoms with E-state index >= 15 is 0 Å². The Hall–Kier alpha value is -1.69. The molecule has 0 radical (unpaired) electrons. The molecule has 0 saturated heterocycles. The minimum atomic E-state index is -0.450. The number of likely N-dealkylation sites (N-methyl/N-ethyl adjacent to an activating group) is 1. The predicted molar refractivity (Wildman–Crippen MR) is 60.6 cm³/mol. The van der Waals surface area contributed by atoms with Gasteiger partial charge in [0, 0.05) is 18.7 Å². The molecular formula is C10H15N3O3. The van der Waals surface area contributed by atoms with Crippen LogP contribution in [0.5, 0.6) is 0 Å². The minimum Gasteiger partial charge on any atom is -0.395 e. The lowest BCUT2D eigenvalue weighted by Crippen LogP contribution is -2.27. The van der Waals surface area contributed by atoms with Crippen LogP contribution in [-0.4, -0.2) is 34.7 Å². The van der Waals surface area contributed by atoms with Crippen LogP contribution < -0.4 is 4.90 Å². The fraction of sp³-hybridized carbons (Fsp3) is 0.500. The fourth-order valence-electron chi connectivity index (χ4n) is 1.45. The Morgan fingerprint density at radius 2 is 2.31 bits per heavy atom. The molecule has 0 aliphatic rings. The molecule has 0 fully saturated rings. The average molecular weight is 225 g/mol. The molecule has 1 heterocycles. The molecule has 0 unspecified atom stereocenters. The third kappa shape index (κ3) is 2.66. The maximum atomic E-state index is 10.6. The molecule has 0 aliphatic carbocycles. The molecule has 1 aromatic rings. The summed E-state index contributed by atoms with van der Waals surface area (Å²) in [5.74, 6) is 0.652. The summed E-state index contributed by atoms with van der Waals surface area (Å²) in [4.78, 5) is 16.0. The highest BCUT2D eigenvalue weighted by molar-refractivity contribution is 5.48. The van der Waals surface area contributed by atoms with Gasteiger partial charge in [-0.2, -0.15) is 0 Å². The van der Waals surface area contributed by atoms with Gasteiger partial charge in [0.25, 0.3) is 5.69 Å². The largest absolute Gasteiger partial charge is 0.395 e. The number of aliphatic hydroxyl groups is 1. The van der Waals surface area contributed by atoms with Crippen molar-refractivity contribution in [3.63, 3.8) is 0 Å². The van der Waals surface area contributed by atoms with E-state index in [0.717, 1.165) is 0 Å². The zero-order chi connectivity index (χ0) is 12.1. The van der Waals surface area contributed by atoms with Crippen LogP contribution in [0.25, 0.3) is 0 Å². The molecule has 0 atom stereocenters. The molecule has 6 nitrogen and oxygen atoms in total. The van der Waals surface area contributed by atoms with Crippen molar-refractivity contribution in [1.82, 2.24) is 4.98 Å². The summed E-state index contributed by atoms with van der Waals surface area (Å²) in [6.07, 6.45) is 1.25. The molecule has 0 bridgehead atoms. The first-order valence-corrected chi connectivity index (χ1v) is 5.07. The minimum absolute atomic E-state index is 0.0174. The second kappa shape index (κ2) is 5.41. The van der Waals surface area contributed by atoms with Crippen LogP contribution in [0.2, 0.25) is 0 Å². The Morgan fingerprint density at radius 3 is 2.75 bits per heavy atom. The Morgan fingerprint density at radius 1 is 1.62 bits per heavy atom. The molecule has 1 rings (SSSR count). The highest BCUT2D eigenvalue weighted by atomic mass is 16.6. The van der Waals surface area contributed by atoms with Crippen molar-refractivity contribution >= 4 is 11.5 Å². The number of rotatable bonds is 5. The average Bonchev–Trinajstić information content (AvgIpc) is 2.25. The standard InChI is InChI=1S/C10H15N3O3/c1-3-12(4-5-14)10-6-8(2)9(7-11-10)13(15)16/h6-7,14H,3-5H2,1-2H3. The summed E-state index contributed by atoms with van der Waals surface area (Å²) in [6, 6.07) is 1.66. The summed E-state index contributed by atoms with van der Waals surface area (Å²) in [5, 5.41) is 19.5. The highest BCUT2D eigenvalue weighted by Gasteiger charge is 2.13. The SMILES string of the molecule is CCN(CCO)c1cc(C)c([N+](=O)[O-])cn1. The van der Waals surface area contributed by atoms with Gasteiger partial charge in [0.2, 0.25) is 0 Å². The molecule has 0 saturated carbocycles. The van der Waals surface area contributed by atoms with Crippen molar-refractivity contribution in [2.24, 2.45) is 0 Å². The zero-order valence-corrected chi connectivity index (χ0v) is 9.38. The Kier molecular flexibility index (Phi) is 4.19. The van der Waals surface area contributed by atoms with Crippen LogP contribution in [0.3, 0.4) is 0 Å². The third-order valence-corrected chi connectivity index (χ3v) is 2.34. The number of aliphatic hydroxyl groups excluding tert-OH is 1. The highest BCUT2D eigenvalue weighted by Crippen LogP contribution is 2.20. The van der Waals surface area contributed by atoms with Crippen molar-refractivity contribution in [3.05, 3.63) is 27.9 Å². The summed E-state index contributed by atoms with van der Waals surface area (Å²) in [7, 11) is 0. The lowest BCUT2D eigenvalue weighted by molar-refractivity contribution is -0.385. The number of pyridine rings is 1. The molecule has 16 heavy (non-hydrogen) atoms. The van der Waals surface area contributed by atoms with E-state index in [0.29, 0.717) is 24.5 Å². The molecule has 0 aromatic carbocycles. The van der Waals surface area contributed by atoms with Gasteiger partial charge in [0.15, 0.2) is 0 Å². The van der Waals surface area contributed by atoms with Crippen molar-refractivity contribution in [1.29, 1.82) is 0 Å². The maximum absolute atomic E-state index is 10.6. The predicted octanol–water partition coefficient (Wildman–Crippen LogP) is 1.12. The van der Waals surface area contributed by atoms with E-state index in [1.54, 1.807) is 13.0 Å². The van der Waals surface area contributed by atoms with Crippen LogP contribution in [0.1, 0.15) is 12.5 Å². The summed E-state index contributed by atoms with van der Waals surface area (Å²) in [6.45, 7) is 4.82. The fourth-order valence-corrected chi connectivity index (χ4v) is 1.45. The lowest BCUT2D eigenvalue weighted by Gasteiger charge is -2.20. The van der Waals surface area contributed by atoms with Crippen LogP contribution in [0.15, 0.2) is 12.3 Å². The zero-order valence-electron chi connectivity index (χ0n) is 9.38. The first-order valence-electron chi connectivity index (χ1n) is 5.07. The summed E-state index contributed by atoms with van der Waals surface area (Å²) >= 11 is 0. The number of hydrogen-bond donors (Lipinski definition) is 1. The molecule has 0 amide bonds. The van der Waals surface area contributed by atoms with Gasteiger partial charge in [-0.15, -0.1) is 0 Å². The maximum Gasteiger partial charge on any atom is 0.290 e. The van der Waals surface area contributed by atoms with E-state index in [-0.39, 0.29) is 12.3 Å². The lowest BCUT2D eigenvalue weighted by atomic mass is 10.2. The Labute approximate surface area is 93.7 Å². The summed E-state index contributed by atoms with van der Waals surface area (Å²) in [5.41, 5.74) is 0.593. The number of aryl methyl sites for hydroxylation is 1. The van der Waals surface area contributed by atoms with Crippen molar-refractivity contribution in [2.75, 3.05) is 24.6 Å². The van der Waals surface area contributed by atoms with Gasteiger partial charge in [-0.3, -0.25) is 10.1 Å². The topological polar surface area (TPSA) is 79.5 Å². The molecular weight excluding hydrogens is 210 g/mol. The number of nitro groups is 1. The van der Waals surface area contributed by atoms with E-state index in [9.17, 15) is 10.1 Å². The van der Waals surface area contributed by atoms with Gasteiger partial charge >= 0.3 is 0 Å². The van der Waals surface area contributed by atoms with Crippen LogP contribution in [-0.2, 0) is 0 Å². The smallest absolute Gasteiger partial charge is 0.290 e. The van der Waals surface area contributed by atoms with Crippen molar-refractivity contribution < 1.29 is 10.0 Å². The first kappa shape index (κ1) is 12.4. The number of hydrogen-bond acceptors (Lipinski definition) is 5. The molecule has 6 heteroatoms. The van der Waals surface area contributed by atoms with Gasteiger partial charge in [-0.25, -0.2) is 4.98 Å². The van der Waals surface area contributed by atoms with E-state index in [4.69, 9.17) is 5.11 Å². The van der Waals surface area contributed by atoms with Crippen LogP contribution in [0, 0.1) is 17.0 Å². The van der Waals surface area contributed by atoms with Gasteiger partial charge in [-0.05, 0) is 19.9 Å². The third-order valence-electron chi connectivity index (χ3n) is 2.34. The molecule has 0 spiro atoms. The second-order valence-electron chi connectivity index (χ2n) is 3.39. The van der Waals surface area contributed by atoms with Crippen LogP contribution in [0.4, 0.5) is 11.5 Å². The van der Waals surface area contributed by atoms with Crippen molar-refractivity contribution in [2.45, 2.75) is 13.8 Å². The van der Waals surface area contributed by atoms with Crippen molar-refractivity contribution in [3.8, 4) is 0 Å². The molecule has 88 valence electrons. The van der Waals surface area contributed by atoms with E-state index in [1.807, 2.05) is 11.8 Å². The normalized spacial score (nSPS) is 10.2. The monoisotopic (exact) mass is 225 g/mol. The quantitative estimate of drug-likeness (QED) is 0.600. The first-order chi connectivity index (χ1) is 7.60. The number of nitrogens with zero attached hydrogens (tertiary/aromatic N) is 3. The number of aromatic nitrogens is 1. The van der Waals surface area contributed by atoms with Gasteiger partial charge < -0.3 is 10.0 Å². The van der Waals surface area contributed by atoms with Gasteiger partial charge in [0.05, 0.1) is 11.5 Å². The van der Waals surface area contributed by atoms with Crippen LogP contribution >= 0.6 is 0 Å². The number of anilines is 1. The molecule has 0 aliphatic heterocycles. The Balaban J connectivity index is 2.99. The molecule has 1 aromatic heterocycles. The second-order valence-corrected chi connectivity index (χ2v) is 3.39. The molecule has 1 N–H and O–H groups in total. The van der Waals surface area contributed by atoms with E-state index in [1.165, 1.54) is 6.20 Å².